The van der Waals surface area contributed by atoms with Crippen molar-refractivity contribution in [2.75, 3.05) is 126 Å². The molecule has 10 N–H and O–H groups in total. The summed E-state index contributed by atoms with van der Waals surface area (Å²) in [5.74, 6) is 5.73. The maximum Gasteiger partial charge on any atom is 1.00 e. The number of hydrogen-bond acceptors (Lipinski definition) is 34. The van der Waals surface area contributed by atoms with E-state index in [9.17, 15) is 10.5 Å². The summed E-state index contributed by atoms with van der Waals surface area (Å²) in [6, 6.07) is 46.7. The third-order valence-corrected chi connectivity index (χ3v) is 19.7. The number of aromatic nitrogens is 7. The Hall–Kier alpha value is -5.51. The first kappa shape index (κ1) is 132. The second-order valence-corrected chi connectivity index (χ2v) is 34.2. The first-order valence-corrected chi connectivity index (χ1v) is 43.3. The number of thiol groups is 1. The number of benzene rings is 2. The van der Waals surface area contributed by atoms with E-state index in [4.69, 9.17) is 77.3 Å². The maximum absolute atomic E-state index is 9.62. The van der Waals surface area contributed by atoms with Crippen molar-refractivity contribution in [1.29, 1.82) is 26.5 Å². The number of nitriles is 4. The Morgan fingerprint density at radius 3 is 1.27 bits per heavy atom. The van der Waals surface area contributed by atoms with Gasteiger partial charge in [-0.3, -0.25) is 29.8 Å². The van der Waals surface area contributed by atoms with Gasteiger partial charge < -0.3 is 68.2 Å². The molecule has 0 spiro atoms. The van der Waals surface area contributed by atoms with Crippen LogP contribution in [0.2, 0.25) is 0 Å². The van der Waals surface area contributed by atoms with Crippen LogP contribution in [0.15, 0.2) is 168 Å². The number of nitrogens with two attached hydrogens (primary N) is 4. The van der Waals surface area contributed by atoms with Crippen LogP contribution in [0.3, 0.4) is 0 Å². The van der Waals surface area contributed by atoms with Crippen LogP contribution in [0.1, 0.15) is 164 Å². The first-order valence-electron chi connectivity index (χ1n) is 38.2. The minimum Gasteiger partial charge on any atom is -1.00 e. The van der Waals surface area contributed by atoms with Crippen LogP contribution in [-0.4, -0.2) is 193 Å². The summed E-state index contributed by atoms with van der Waals surface area (Å²) in [6.07, 6.45) is 3.41. The van der Waals surface area contributed by atoms with Gasteiger partial charge in [0.25, 0.3) is 6.47 Å². The van der Waals surface area contributed by atoms with Crippen LogP contribution < -0.4 is 195 Å². The van der Waals surface area contributed by atoms with E-state index in [2.05, 4.69) is 192 Å². The number of ether oxygens (including phenoxy) is 6. The summed E-state index contributed by atoms with van der Waals surface area (Å²) < 4.78 is 31.5. The summed E-state index contributed by atoms with van der Waals surface area (Å²) in [5.41, 5.74) is 27.9. The predicted octanol–water partition coefficient (Wildman–Crippen LogP) is 12.0. The molecule has 0 radical (unpaired) electrons. The monoisotopic (exact) mass is 2170 g/mol. The van der Waals surface area contributed by atoms with Crippen molar-refractivity contribution in [2.45, 2.75) is 187 Å². The zero-order valence-electron chi connectivity index (χ0n) is 79.4. The summed E-state index contributed by atoms with van der Waals surface area (Å²) in [7, 11) is 24.0. The average molecular weight is 2170 g/mol. The molecule has 0 bridgehead atoms. The van der Waals surface area contributed by atoms with E-state index >= 15 is 0 Å². The Morgan fingerprint density at radius 1 is 0.583 bits per heavy atom. The van der Waals surface area contributed by atoms with Crippen molar-refractivity contribution in [1.82, 2.24) is 54.5 Å². The number of hydrogen-bond donors (Lipinski definition) is 7. The molecule has 30 nitrogen and oxygen atoms in total. The molecule has 1 unspecified atom stereocenters. The summed E-state index contributed by atoms with van der Waals surface area (Å²) in [5, 5.41) is 53.2. The molecule has 0 aliphatic rings. The third-order valence-electron chi connectivity index (χ3n) is 14.8. The van der Waals surface area contributed by atoms with Gasteiger partial charge in [0.2, 0.25) is 35.3 Å². The molecule has 127 heavy (non-hydrogen) atoms. The number of methoxy groups -OCH3 is 5. The molecule has 8 rings (SSSR count). The Morgan fingerprint density at radius 2 is 0.945 bits per heavy atom. The van der Waals surface area contributed by atoms with E-state index in [0.717, 1.165) is 69.2 Å². The molecule has 0 saturated carbocycles. The number of nitrogens with one attached hydrogen (secondary N) is 2. The molecule has 0 amide bonds. The van der Waals surface area contributed by atoms with E-state index < -0.39 is 0 Å². The number of amidine groups is 1. The largest absolute Gasteiger partial charge is 1.00 e. The van der Waals surface area contributed by atoms with E-state index in [1.807, 2.05) is 194 Å². The first-order chi connectivity index (χ1) is 58.0. The number of carbonyl (C=O) groups is 1. The standard InChI is InChI=1S/C18H19N3OS.C16H26N4OS.C13H17N5OS.C11H14N2OS.C9H22N2O.C9H13NOS.C6H7N.C2H2BrN.C2H6N2.CH2O3.CH4.ClH.2Cs.H/c1-13(2)18-16(9-10-17(21-18)22-3)23-15(11-19)12-20-14-7-5-4-6-8-14;1-11(2)15-12(8-9-14(18-15)21-7)22-13(10-17)16(19(3)4)20(5)6;1-7(2)11-8(4-5-10(17-11)19-3)20-9-6-16-13(15)18-12(9)14;1-8(2)11-9(15-7-6-12)4-5-10(13-11)14-3;1-9(2,3)12-8(10(4)5)11(6)7;1-6(2)9-7(12)4-5-8(10-9)11-3;7-6-4-2-1-3-5-6;3-1-2-4;1-2(3)4;2-1-4-3;;;;;/h4-10,12-13,20H,1-3H3;8-9,11,13,16H,1-7H3;4-7H,1-3H3,(H4,14,15,16,18);4-5,8H,7H2,1-3H3;8H,1-7H3;4-6,12H,1-3H3;1-5H,7H2;1H2;1H3,(H3,3,4);1,3H;1H4;1H;;;/q;;;;;;;;;;;;2*+1;-1/p-1/b15-12+;;;;;;;;;;;;;;. The number of anilines is 4. The smallest absolute Gasteiger partial charge is 1.00 e. The SMILES string of the molecule is C.CC(=N)N.CN(C)C(OC(C)(C)C)N(C)C.COc1ccc(S)c(C(C)C)n1.COc1ccc(S/C(C#N)=C/Nc2ccccc2)c(C(C)C)n1.COc1ccc(SC(C#N)C(N(C)C)N(C)C)c(C(C)C)n1.COc1ccc(SCC#N)c(C(C)C)n1.COc1ccc(Sc2cnc(N)nc2N)c(C(C)C)n1.Cl.N#CCBr.Nc1ccccc1.O=CO[O-].[Cs+].[Cs+].[H-]. The van der Waals surface area contributed by atoms with E-state index in [0.29, 0.717) is 63.0 Å². The molecule has 8 aromatic rings. The van der Waals surface area contributed by atoms with Gasteiger partial charge in [0.05, 0.1) is 116 Å². The molecule has 39 heteroatoms. The Kier molecular flexibility index (Phi) is 79.1. The van der Waals surface area contributed by atoms with Gasteiger partial charge in [0, 0.05) is 78.6 Å². The van der Waals surface area contributed by atoms with Crippen LogP contribution >= 0.6 is 88.0 Å². The summed E-state index contributed by atoms with van der Waals surface area (Å²) in [6.45, 7) is 28.4. The zero-order valence-corrected chi connectivity index (χ0v) is 97.5. The van der Waals surface area contributed by atoms with E-state index in [1.54, 1.807) is 59.7 Å². The minimum atomic E-state index is -0.210. The molecule has 2 aromatic carbocycles. The number of alkyl halides is 1. The van der Waals surface area contributed by atoms with E-state index in [1.165, 1.54) is 42.2 Å². The van der Waals surface area contributed by atoms with Gasteiger partial charge in [-0.1, -0.05) is 153 Å². The van der Waals surface area contributed by atoms with Crippen molar-refractivity contribution in [2.24, 2.45) is 5.73 Å². The third kappa shape index (κ3) is 58.2. The molecule has 1 atom stereocenters. The number of pyridine rings is 5. The van der Waals surface area contributed by atoms with Crippen LogP contribution in [0, 0.1) is 50.7 Å². The second-order valence-electron chi connectivity index (χ2n) is 28.8. The molecular weight excluding hydrogens is 2040 g/mol. The number of rotatable bonds is 27. The number of halogens is 2. The van der Waals surface area contributed by atoms with Gasteiger partial charge in [-0.25, -0.2) is 29.9 Å². The topological polar surface area (TPSA) is 443 Å². The fourth-order valence-electron chi connectivity index (χ4n) is 9.59. The number of para-hydroxylation sites is 2. The van der Waals surface area contributed by atoms with Crippen molar-refractivity contribution in [3.8, 4) is 53.7 Å². The fourth-order valence-corrected chi connectivity index (χ4v) is 14.2. The Balaban J connectivity index is -0.000000264. The van der Waals surface area contributed by atoms with Crippen molar-refractivity contribution in [3.05, 3.63) is 167 Å². The van der Waals surface area contributed by atoms with Gasteiger partial charge in [-0.2, -0.15) is 26.0 Å². The number of nitrogen functional groups attached to an aromatic ring is 3. The molecule has 6 aromatic heterocycles. The van der Waals surface area contributed by atoms with Gasteiger partial charge in [-0.15, -0.1) is 48.6 Å². The summed E-state index contributed by atoms with van der Waals surface area (Å²) in [4.78, 5) is 55.9. The number of allylic oxidation sites excluding steroid dienone is 1. The second kappa shape index (κ2) is 76.0. The van der Waals surface area contributed by atoms with Crippen molar-refractivity contribution < 1.29 is 183 Å². The average Bonchev–Trinajstić information content (AvgIpc) is 0.828. The van der Waals surface area contributed by atoms with Crippen molar-refractivity contribution >= 4 is 123 Å². The van der Waals surface area contributed by atoms with Crippen LogP contribution in [-0.2, 0) is 14.4 Å². The Bertz CT molecular complexity index is 4540. The van der Waals surface area contributed by atoms with Gasteiger partial charge in [0.15, 0.2) is 6.35 Å². The van der Waals surface area contributed by atoms with Crippen LogP contribution in [0.25, 0.3) is 0 Å². The zero-order chi connectivity index (χ0) is 94.1. The maximum atomic E-state index is 9.62. The molecule has 6 heterocycles. The molecule has 0 saturated heterocycles. The van der Waals surface area contributed by atoms with Gasteiger partial charge in [-0.05, 0) is 168 Å². The van der Waals surface area contributed by atoms with Crippen LogP contribution in [0.5, 0.6) is 29.4 Å². The number of carbonyl (C=O) groups excluding carboxylic acids is 1. The Labute approximate surface area is 913 Å². The molecule has 0 aliphatic heterocycles. The van der Waals surface area contributed by atoms with Gasteiger partial charge in [0.1, 0.15) is 22.0 Å². The van der Waals surface area contributed by atoms with Crippen molar-refractivity contribution in [3.63, 3.8) is 0 Å². The van der Waals surface area contributed by atoms with Gasteiger partial charge >= 0.3 is 138 Å². The fraction of sp³-hybridized carbons (Fsp3) is 0.443. The molecular formula is C88H133BrClCs2N21O9S5. The molecule has 0 fully saturated rings. The minimum absolute atomic E-state index is 0. The number of thioether (sulfide) groups is 3. The van der Waals surface area contributed by atoms with Crippen LogP contribution in [0.4, 0.5) is 23.1 Å². The molecule has 690 valence electrons. The summed E-state index contributed by atoms with van der Waals surface area (Å²) >= 11 is 13.1. The molecule has 0 aliphatic carbocycles. The normalized spacial score (nSPS) is 10.4. The van der Waals surface area contributed by atoms with E-state index in [-0.39, 0.29) is 218 Å². The number of nitrogens with zero attached hydrogens (tertiary/aromatic N) is 15. The predicted molar refractivity (Wildman–Crippen MR) is 521 cm³/mol. The quantitative estimate of drug-likeness (QED) is 0.00215.